The monoisotopic (exact) mass is 359 g/mol. The second-order valence-corrected chi connectivity index (χ2v) is 9.26. The van der Waals surface area contributed by atoms with E-state index in [0.717, 1.165) is 12.0 Å². The maximum atomic E-state index is 12.5. The molecule has 2 bridgehead atoms. The van der Waals surface area contributed by atoms with Gasteiger partial charge in [-0.1, -0.05) is 25.5 Å². The van der Waals surface area contributed by atoms with Gasteiger partial charge in [0.25, 0.3) is 0 Å². The Bertz CT molecular complexity index is 728. The van der Waals surface area contributed by atoms with Gasteiger partial charge in [-0.15, -0.1) is 0 Å². The zero-order chi connectivity index (χ0) is 19.1. The van der Waals surface area contributed by atoms with E-state index in [0.29, 0.717) is 25.7 Å². The van der Waals surface area contributed by atoms with E-state index in [4.69, 9.17) is 0 Å². The molecule has 0 radical (unpaired) electrons. The maximum Gasteiger partial charge on any atom is 0.0482 e. The highest BCUT2D eigenvalue weighted by molar-refractivity contribution is 5.84. The summed E-state index contributed by atoms with van der Waals surface area (Å²) in [6.45, 7) is 5.55. The topological polar surface area (TPSA) is 120 Å². The summed E-state index contributed by atoms with van der Waals surface area (Å²) >= 11 is 0. The molecule has 7 atom stereocenters. The molecule has 1 spiro atoms. The molecule has 0 amide bonds. The first-order valence-electron chi connectivity index (χ1n) is 9.42. The molecule has 6 heteroatoms. The van der Waals surface area contributed by atoms with Crippen molar-refractivity contribution in [2.45, 2.75) is 51.9 Å². The molecule has 0 aliphatic heterocycles. The number of carboxylic acid groups (broad SMARTS) is 3. The van der Waals surface area contributed by atoms with Crippen LogP contribution in [0.3, 0.4) is 0 Å². The zero-order valence-corrected chi connectivity index (χ0v) is 14.9. The molecule has 4 rings (SSSR count). The Morgan fingerprint density at radius 2 is 1.77 bits per heavy atom. The first kappa shape index (κ1) is 17.6. The lowest BCUT2D eigenvalue weighted by atomic mass is 9.52. The fourth-order valence-corrected chi connectivity index (χ4v) is 7.68. The van der Waals surface area contributed by atoms with Gasteiger partial charge in [-0.3, -0.25) is 0 Å². The van der Waals surface area contributed by atoms with Crippen molar-refractivity contribution in [3.63, 3.8) is 0 Å². The van der Waals surface area contributed by atoms with Crippen molar-refractivity contribution < 1.29 is 29.7 Å². The molecular formula is C20H23O6-3. The highest BCUT2D eigenvalue weighted by Gasteiger charge is 2.74. The van der Waals surface area contributed by atoms with Crippen LogP contribution in [0.15, 0.2) is 12.2 Å². The minimum Gasteiger partial charge on any atom is -0.550 e. The SMILES string of the molecule is C=C1C[C@]23C[C@H]1CC[C@H]2[C@]1(C(=O)[O-])CCC[C@@](C)(C(=O)[O-])[C@H]1[C@@H]3C(=O)[O-]. The summed E-state index contributed by atoms with van der Waals surface area (Å²) in [5, 5.41) is 36.9. The van der Waals surface area contributed by atoms with Crippen LogP contribution in [0.4, 0.5) is 0 Å². The predicted molar refractivity (Wildman–Crippen MR) is 83.4 cm³/mol. The normalized spacial score (nSPS) is 49.3. The average molecular weight is 359 g/mol. The molecule has 0 aromatic heterocycles. The van der Waals surface area contributed by atoms with Crippen LogP contribution in [0.5, 0.6) is 0 Å². The van der Waals surface area contributed by atoms with Gasteiger partial charge in [0, 0.05) is 34.7 Å². The lowest BCUT2D eigenvalue weighted by Gasteiger charge is -2.55. The van der Waals surface area contributed by atoms with Crippen molar-refractivity contribution in [3.8, 4) is 0 Å². The van der Waals surface area contributed by atoms with E-state index in [1.54, 1.807) is 0 Å². The van der Waals surface area contributed by atoms with Crippen LogP contribution in [0, 0.1) is 39.9 Å². The van der Waals surface area contributed by atoms with Gasteiger partial charge in [-0.2, -0.15) is 0 Å². The fraction of sp³-hybridized carbons (Fsp3) is 0.750. The first-order valence-corrected chi connectivity index (χ1v) is 9.42. The van der Waals surface area contributed by atoms with Crippen molar-refractivity contribution >= 4 is 17.9 Å². The highest BCUT2D eigenvalue weighted by Crippen LogP contribution is 2.77. The van der Waals surface area contributed by atoms with Gasteiger partial charge in [0.15, 0.2) is 0 Å². The Kier molecular flexibility index (Phi) is 3.45. The number of rotatable bonds is 3. The Morgan fingerprint density at radius 3 is 2.35 bits per heavy atom. The van der Waals surface area contributed by atoms with E-state index in [1.165, 1.54) is 6.92 Å². The number of carbonyl (C=O) groups excluding carboxylic acids is 3. The summed E-state index contributed by atoms with van der Waals surface area (Å²) in [7, 11) is 0. The lowest BCUT2D eigenvalue weighted by molar-refractivity contribution is -0.341. The molecular weight excluding hydrogens is 336 g/mol. The zero-order valence-electron chi connectivity index (χ0n) is 14.9. The summed E-state index contributed by atoms with van der Waals surface area (Å²) in [5.74, 6) is -6.45. The number of carbonyl (C=O) groups is 3. The molecule has 4 aliphatic carbocycles. The number of aliphatic carboxylic acids is 3. The number of fused-ring (bicyclic) bond motifs is 3. The van der Waals surface area contributed by atoms with Crippen LogP contribution >= 0.6 is 0 Å². The molecule has 0 aromatic carbocycles. The molecule has 0 unspecified atom stereocenters. The third-order valence-electron chi connectivity index (χ3n) is 8.46. The van der Waals surface area contributed by atoms with Crippen LogP contribution < -0.4 is 15.3 Å². The van der Waals surface area contributed by atoms with Crippen LogP contribution in [0.2, 0.25) is 0 Å². The molecule has 0 saturated heterocycles. The summed E-state index contributed by atoms with van der Waals surface area (Å²) in [6, 6.07) is 0. The third-order valence-corrected chi connectivity index (χ3v) is 8.46. The second kappa shape index (κ2) is 5.11. The van der Waals surface area contributed by atoms with Gasteiger partial charge in [0.1, 0.15) is 0 Å². The summed E-state index contributed by atoms with van der Waals surface area (Å²) in [5.41, 5.74) is -2.80. The van der Waals surface area contributed by atoms with Crippen molar-refractivity contribution in [1.82, 2.24) is 0 Å². The largest absolute Gasteiger partial charge is 0.550 e. The van der Waals surface area contributed by atoms with E-state index in [1.807, 2.05) is 0 Å². The van der Waals surface area contributed by atoms with Gasteiger partial charge in [-0.25, -0.2) is 0 Å². The standard InChI is InChI=1S/C20H26O6/c1-10-8-19-9-11(10)4-5-12(19)20(17(25)26)7-3-6-18(2,16(23)24)14(20)13(19)15(21)22/h11-14H,1,3-9H2,2H3,(H,21,22)(H,23,24)(H,25,26)/p-3/t11-,12-,13-,14-,18-,19+,20-/m1/s1. The van der Waals surface area contributed by atoms with E-state index in [9.17, 15) is 29.7 Å². The third kappa shape index (κ3) is 1.75. The van der Waals surface area contributed by atoms with Crippen LogP contribution in [0.25, 0.3) is 0 Å². The Labute approximate surface area is 152 Å². The molecule has 6 nitrogen and oxygen atoms in total. The Morgan fingerprint density at radius 1 is 1.08 bits per heavy atom. The lowest BCUT2D eigenvalue weighted by Crippen LogP contribution is -2.61. The van der Waals surface area contributed by atoms with E-state index >= 15 is 0 Å². The average Bonchev–Trinajstić information content (AvgIpc) is 2.96. The maximum absolute atomic E-state index is 12.5. The minimum atomic E-state index is -1.52. The Balaban J connectivity index is 2.00. The highest BCUT2D eigenvalue weighted by atomic mass is 16.4. The van der Waals surface area contributed by atoms with Crippen molar-refractivity contribution in [2.24, 2.45) is 39.9 Å². The van der Waals surface area contributed by atoms with E-state index in [2.05, 4.69) is 6.58 Å². The van der Waals surface area contributed by atoms with Crippen molar-refractivity contribution in [2.75, 3.05) is 0 Å². The van der Waals surface area contributed by atoms with Gasteiger partial charge in [-0.05, 0) is 61.7 Å². The van der Waals surface area contributed by atoms with Gasteiger partial charge in [0.2, 0.25) is 0 Å². The molecule has 0 heterocycles. The van der Waals surface area contributed by atoms with Crippen molar-refractivity contribution in [3.05, 3.63) is 12.2 Å². The van der Waals surface area contributed by atoms with Crippen LogP contribution in [0.1, 0.15) is 51.9 Å². The molecule has 4 fully saturated rings. The summed E-state index contributed by atoms with van der Waals surface area (Å²) in [6.07, 6.45) is 3.23. The molecule has 142 valence electrons. The number of hydrogen-bond donors (Lipinski definition) is 0. The van der Waals surface area contributed by atoms with Crippen molar-refractivity contribution in [1.29, 1.82) is 0 Å². The smallest absolute Gasteiger partial charge is 0.0482 e. The fourth-order valence-electron chi connectivity index (χ4n) is 7.68. The first-order chi connectivity index (χ1) is 12.1. The molecule has 0 N–H and O–H groups in total. The van der Waals surface area contributed by atoms with E-state index < -0.39 is 51.9 Å². The molecule has 26 heavy (non-hydrogen) atoms. The quantitative estimate of drug-likeness (QED) is 0.597. The van der Waals surface area contributed by atoms with Gasteiger partial charge >= 0.3 is 0 Å². The number of hydrogen-bond acceptors (Lipinski definition) is 6. The summed E-state index contributed by atoms with van der Waals surface area (Å²) in [4.78, 5) is 36.9. The molecule has 0 aromatic rings. The van der Waals surface area contributed by atoms with Crippen LogP contribution in [-0.2, 0) is 14.4 Å². The number of carboxylic acids is 3. The number of allylic oxidation sites excluding steroid dienone is 1. The van der Waals surface area contributed by atoms with Gasteiger partial charge < -0.3 is 29.7 Å². The Hall–Kier alpha value is -1.85. The predicted octanol–water partition coefficient (Wildman–Crippen LogP) is -0.979. The molecule has 4 saturated carbocycles. The summed E-state index contributed by atoms with van der Waals surface area (Å²) < 4.78 is 0. The van der Waals surface area contributed by atoms with E-state index in [-0.39, 0.29) is 18.8 Å². The van der Waals surface area contributed by atoms with Crippen LogP contribution in [-0.4, -0.2) is 17.9 Å². The molecule has 4 aliphatic rings. The minimum absolute atomic E-state index is 0.182. The van der Waals surface area contributed by atoms with Gasteiger partial charge in [0.05, 0.1) is 0 Å². The second-order valence-electron chi connectivity index (χ2n) is 9.26.